The molecule has 0 bridgehead atoms. The van der Waals surface area contributed by atoms with Gasteiger partial charge in [-0.15, -0.1) is 0 Å². The summed E-state index contributed by atoms with van der Waals surface area (Å²) < 4.78 is 19.2. The Labute approximate surface area is 104 Å². The van der Waals surface area contributed by atoms with E-state index in [4.69, 9.17) is 4.52 Å². The van der Waals surface area contributed by atoms with E-state index in [0.717, 1.165) is 19.5 Å². The smallest absolute Gasteiger partial charge is 0.231 e. The average molecular weight is 247 g/mol. The highest BCUT2D eigenvalue weighted by atomic mass is 19.1. The van der Waals surface area contributed by atoms with Gasteiger partial charge in [-0.25, -0.2) is 4.39 Å². The number of hydrogen-bond donors (Lipinski definition) is 1. The second-order valence-electron chi connectivity index (χ2n) is 4.58. The first kappa shape index (κ1) is 11.3. The molecule has 0 unspecified atom stereocenters. The van der Waals surface area contributed by atoms with Crippen LogP contribution in [0.5, 0.6) is 0 Å². The van der Waals surface area contributed by atoms with E-state index < -0.39 is 0 Å². The Morgan fingerprint density at radius 1 is 1.44 bits per heavy atom. The Balaban J connectivity index is 1.95. The van der Waals surface area contributed by atoms with Gasteiger partial charge in [0, 0.05) is 6.54 Å². The maximum atomic E-state index is 13.9. The lowest BCUT2D eigenvalue weighted by atomic mass is 10.1. The molecule has 1 aliphatic rings. The number of aryl methyl sites for hydroxylation is 1. The molecule has 18 heavy (non-hydrogen) atoms. The Morgan fingerprint density at radius 3 is 3.11 bits per heavy atom. The van der Waals surface area contributed by atoms with Crippen LogP contribution >= 0.6 is 0 Å². The van der Waals surface area contributed by atoms with Crippen molar-refractivity contribution in [2.24, 2.45) is 0 Å². The van der Waals surface area contributed by atoms with E-state index >= 15 is 0 Å². The second-order valence-corrected chi connectivity index (χ2v) is 4.58. The van der Waals surface area contributed by atoms with E-state index in [-0.39, 0.29) is 11.7 Å². The molecular formula is C13H14FN3O. The number of nitrogens with one attached hydrogen (secondary N) is 1. The SMILES string of the molecule is Cc1cccc(-c2noc([C@H]3CCNC3)n2)c1F. The fourth-order valence-corrected chi connectivity index (χ4v) is 2.20. The Morgan fingerprint density at radius 2 is 2.33 bits per heavy atom. The van der Waals surface area contributed by atoms with Gasteiger partial charge >= 0.3 is 0 Å². The lowest BCUT2D eigenvalue weighted by Gasteiger charge is -2.00. The van der Waals surface area contributed by atoms with Crippen molar-refractivity contribution >= 4 is 0 Å². The van der Waals surface area contributed by atoms with Gasteiger partial charge in [0.1, 0.15) is 5.82 Å². The summed E-state index contributed by atoms with van der Waals surface area (Å²) in [5.74, 6) is 0.891. The maximum Gasteiger partial charge on any atom is 0.231 e. The summed E-state index contributed by atoms with van der Waals surface area (Å²) in [5.41, 5.74) is 0.984. The molecule has 0 amide bonds. The van der Waals surface area contributed by atoms with Crippen molar-refractivity contribution in [2.45, 2.75) is 19.3 Å². The predicted octanol–water partition coefficient (Wildman–Crippen LogP) is 2.26. The van der Waals surface area contributed by atoms with Gasteiger partial charge in [0.15, 0.2) is 0 Å². The third-order valence-corrected chi connectivity index (χ3v) is 3.28. The molecule has 2 aromatic rings. The van der Waals surface area contributed by atoms with Crippen LogP contribution in [0, 0.1) is 12.7 Å². The molecule has 1 fully saturated rings. The molecule has 0 spiro atoms. The monoisotopic (exact) mass is 247 g/mol. The quantitative estimate of drug-likeness (QED) is 0.884. The van der Waals surface area contributed by atoms with Crippen LogP contribution in [-0.4, -0.2) is 23.2 Å². The number of aromatic nitrogens is 2. The van der Waals surface area contributed by atoms with Crippen LogP contribution in [0.4, 0.5) is 4.39 Å². The zero-order valence-electron chi connectivity index (χ0n) is 10.1. The molecule has 5 heteroatoms. The van der Waals surface area contributed by atoms with Crippen LogP contribution in [0.1, 0.15) is 23.8 Å². The van der Waals surface area contributed by atoms with E-state index in [1.54, 1.807) is 25.1 Å². The molecule has 3 rings (SSSR count). The van der Waals surface area contributed by atoms with Crippen LogP contribution in [0.25, 0.3) is 11.4 Å². The Hall–Kier alpha value is -1.75. The van der Waals surface area contributed by atoms with Crippen molar-refractivity contribution in [1.29, 1.82) is 0 Å². The zero-order valence-corrected chi connectivity index (χ0v) is 10.1. The molecule has 1 aromatic carbocycles. The van der Waals surface area contributed by atoms with Gasteiger partial charge in [0.2, 0.25) is 11.7 Å². The molecule has 0 radical (unpaired) electrons. The standard InChI is InChI=1S/C13H14FN3O/c1-8-3-2-4-10(11(8)14)12-16-13(18-17-12)9-5-6-15-7-9/h2-4,9,15H,5-7H2,1H3/t9-/m0/s1. The van der Waals surface area contributed by atoms with Gasteiger partial charge in [0.25, 0.3) is 0 Å². The molecule has 1 aliphatic heterocycles. The summed E-state index contributed by atoms with van der Waals surface area (Å²) in [6, 6.07) is 5.19. The van der Waals surface area contributed by atoms with Crippen molar-refractivity contribution in [3.63, 3.8) is 0 Å². The lowest BCUT2D eigenvalue weighted by Crippen LogP contribution is -2.08. The van der Waals surface area contributed by atoms with Crippen LogP contribution in [0.15, 0.2) is 22.7 Å². The summed E-state index contributed by atoms with van der Waals surface area (Å²) in [4.78, 5) is 4.31. The number of benzene rings is 1. The fourth-order valence-electron chi connectivity index (χ4n) is 2.20. The number of halogens is 1. The van der Waals surface area contributed by atoms with Crippen LogP contribution in [0.2, 0.25) is 0 Å². The fraction of sp³-hybridized carbons (Fsp3) is 0.385. The van der Waals surface area contributed by atoms with E-state index in [0.29, 0.717) is 22.8 Å². The average Bonchev–Trinajstić information content (AvgIpc) is 3.01. The van der Waals surface area contributed by atoms with Gasteiger partial charge in [-0.2, -0.15) is 4.98 Å². The van der Waals surface area contributed by atoms with Crippen LogP contribution in [0.3, 0.4) is 0 Å². The van der Waals surface area contributed by atoms with Gasteiger partial charge in [-0.1, -0.05) is 17.3 Å². The third-order valence-electron chi connectivity index (χ3n) is 3.28. The predicted molar refractivity (Wildman–Crippen MR) is 64.7 cm³/mol. The van der Waals surface area contributed by atoms with Gasteiger partial charge in [-0.3, -0.25) is 0 Å². The van der Waals surface area contributed by atoms with E-state index in [2.05, 4.69) is 15.5 Å². The minimum Gasteiger partial charge on any atom is -0.339 e. The number of nitrogens with zero attached hydrogens (tertiary/aromatic N) is 2. The molecule has 0 saturated carbocycles. The van der Waals surface area contributed by atoms with Gasteiger partial charge in [0.05, 0.1) is 11.5 Å². The van der Waals surface area contributed by atoms with Crippen molar-refractivity contribution in [2.75, 3.05) is 13.1 Å². The zero-order chi connectivity index (χ0) is 12.5. The third kappa shape index (κ3) is 1.90. The summed E-state index contributed by atoms with van der Waals surface area (Å²) in [7, 11) is 0. The molecular weight excluding hydrogens is 233 g/mol. The topological polar surface area (TPSA) is 51.0 Å². The summed E-state index contributed by atoms with van der Waals surface area (Å²) >= 11 is 0. The normalized spacial score (nSPS) is 19.3. The van der Waals surface area contributed by atoms with Crippen LogP contribution < -0.4 is 5.32 Å². The summed E-state index contributed by atoms with van der Waals surface area (Å²) in [6.07, 6.45) is 0.984. The summed E-state index contributed by atoms with van der Waals surface area (Å²) in [5, 5.41) is 7.12. The number of hydrogen-bond acceptors (Lipinski definition) is 4. The van der Waals surface area contributed by atoms with E-state index in [9.17, 15) is 4.39 Å². The van der Waals surface area contributed by atoms with Gasteiger partial charge < -0.3 is 9.84 Å². The summed E-state index contributed by atoms with van der Waals surface area (Å²) in [6.45, 7) is 3.53. The van der Waals surface area contributed by atoms with Gasteiger partial charge in [-0.05, 0) is 31.5 Å². The molecule has 0 aliphatic carbocycles. The molecule has 1 atom stereocenters. The second kappa shape index (κ2) is 4.49. The molecule has 4 nitrogen and oxygen atoms in total. The van der Waals surface area contributed by atoms with E-state index in [1.807, 2.05) is 0 Å². The first-order valence-corrected chi connectivity index (χ1v) is 6.05. The minimum atomic E-state index is -0.283. The minimum absolute atomic E-state index is 0.249. The molecule has 1 aromatic heterocycles. The molecule has 1 saturated heterocycles. The van der Waals surface area contributed by atoms with Crippen molar-refractivity contribution in [1.82, 2.24) is 15.5 Å². The van der Waals surface area contributed by atoms with E-state index in [1.165, 1.54) is 0 Å². The molecule has 2 heterocycles. The molecule has 1 N–H and O–H groups in total. The van der Waals surface area contributed by atoms with Crippen molar-refractivity contribution in [3.05, 3.63) is 35.5 Å². The number of rotatable bonds is 2. The van der Waals surface area contributed by atoms with Crippen molar-refractivity contribution < 1.29 is 8.91 Å². The Bertz CT molecular complexity index is 561. The molecule has 94 valence electrons. The Kier molecular flexibility index (Phi) is 2.83. The highest BCUT2D eigenvalue weighted by Crippen LogP contribution is 2.26. The first-order chi connectivity index (χ1) is 8.75. The van der Waals surface area contributed by atoms with Crippen molar-refractivity contribution in [3.8, 4) is 11.4 Å². The first-order valence-electron chi connectivity index (χ1n) is 6.05. The highest BCUT2D eigenvalue weighted by molar-refractivity contribution is 5.56. The largest absolute Gasteiger partial charge is 0.339 e. The lowest BCUT2D eigenvalue weighted by molar-refractivity contribution is 0.359. The highest BCUT2D eigenvalue weighted by Gasteiger charge is 2.23. The maximum absolute atomic E-state index is 13.9. The van der Waals surface area contributed by atoms with Crippen LogP contribution in [-0.2, 0) is 0 Å².